The standard InChI is InChI=1S/C40H52N8O16/c49-35(9-3-21-61-47(55)56)43-19-17-41-23-27(25-59-33-7-1-5-31-29(33)11-13-37(51)45-31)63-39(53)15-16-40(54)64-28(24-42-18-20-44-36(50)10-4-22-62-48(57)58)26-60-34-8-2-6-32-30(34)12-14-38(52)46-32/h1-2,5-8,15-16,27-28,41-42H,3-4,9-14,17-26H2,(H,43,49)(H,44,50)(H,45,51)(H,46,52)/b16-15+. The Bertz CT molecular complexity index is 1840. The molecule has 2 atom stereocenters. The molecule has 0 fully saturated rings. The summed E-state index contributed by atoms with van der Waals surface area (Å²) in [5, 5.41) is 35.8. The first-order valence-electron chi connectivity index (χ1n) is 20.5. The smallest absolute Gasteiger partial charge is 0.331 e. The third-order valence-corrected chi connectivity index (χ3v) is 9.27. The zero-order chi connectivity index (χ0) is 46.1. The van der Waals surface area contributed by atoms with Crippen LogP contribution in [0, 0.1) is 20.2 Å². The number of rotatable bonds is 30. The summed E-state index contributed by atoms with van der Waals surface area (Å²) < 4.78 is 23.4. The maximum absolute atomic E-state index is 13.1. The van der Waals surface area contributed by atoms with Gasteiger partial charge >= 0.3 is 11.9 Å². The minimum Gasteiger partial charge on any atom is -0.489 e. The van der Waals surface area contributed by atoms with Crippen LogP contribution >= 0.6 is 0 Å². The molecule has 0 saturated heterocycles. The lowest BCUT2D eigenvalue weighted by molar-refractivity contribution is -0.757. The minimum absolute atomic E-state index is 0.0208. The summed E-state index contributed by atoms with van der Waals surface area (Å²) in [5.41, 5.74) is 2.78. The van der Waals surface area contributed by atoms with Gasteiger partial charge in [0, 0.05) is 99.6 Å². The third-order valence-electron chi connectivity index (χ3n) is 9.27. The highest BCUT2D eigenvalue weighted by molar-refractivity contribution is 5.95. The van der Waals surface area contributed by atoms with E-state index < -0.39 is 34.3 Å². The fourth-order valence-electron chi connectivity index (χ4n) is 6.26. The van der Waals surface area contributed by atoms with E-state index in [9.17, 15) is 49.0 Å². The molecule has 2 aliphatic heterocycles. The van der Waals surface area contributed by atoms with Crippen LogP contribution in [-0.2, 0) is 60.8 Å². The van der Waals surface area contributed by atoms with Gasteiger partial charge in [-0.3, -0.25) is 19.2 Å². The molecule has 2 aromatic carbocycles. The second-order valence-electron chi connectivity index (χ2n) is 14.2. The molecule has 2 heterocycles. The van der Waals surface area contributed by atoms with Gasteiger partial charge in [0.2, 0.25) is 23.6 Å². The molecule has 64 heavy (non-hydrogen) atoms. The van der Waals surface area contributed by atoms with E-state index in [0.717, 1.165) is 23.3 Å². The van der Waals surface area contributed by atoms with Crippen molar-refractivity contribution >= 4 is 46.9 Å². The van der Waals surface area contributed by atoms with Crippen LogP contribution in [0.25, 0.3) is 0 Å². The van der Waals surface area contributed by atoms with Gasteiger partial charge in [-0.15, -0.1) is 20.2 Å². The molecule has 0 aromatic heterocycles. The van der Waals surface area contributed by atoms with Crippen molar-refractivity contribution in [3.05, 3.63) is 79.9 Å². The third kappa shape index (κ3) is 18.9. The highest BCUT2D eigenvalue weighted by Gasteiger charge is 2.23. The first-order valence-corrected chi connectivity index (χ1v) is 20.5. The minimum atomic E-state index is -0.932. The van der Waals surface area contributed by atoms with Crippen LogP contribution in [0.2, 0.25) is 0 Å². The molecular formula is C40H52N8O16. The number of anilines is 2. The summed E-state index contributed by atoms with van der Waals surface area (Å²) >= 11 is 0. The van der Waals surface area contributed by atoms with Crippen molar-refractivity contribution in [2.45, 2.75) is 63.6 Å². The molecule has 24 nitrogen and oxygen atoms in total. The van der Waals surface area contributed by atoms with Gasteiger partial charge in [0.25, 0.3) is 10.2 Å². The van der Waals surface area contributed by atoms with Crippen molar-refractivity contribution in [1.82, 2.24) is 21.3 Å². The molecule has 0 radical (unpaired) electrons. The number of carbonyl (C=O) groups excluding carboxylic acids is 6. The maximum Gasteiger partial charge on any atom is 0.331 e. The van der Waals surface area contributed by atoms with E-state index >= 15 is 0 Å². The van der Waals surface area contributed by atoms with Crippen LogP contribution in [-0.4, -0.2) is 124 Å². The lowest BCUT2D eigenvalue weighted by Gasteiger charge is -2.23. The van der Waals surface area contributed by atoms with Crippen molar-refractivity contribution in [3.63, 3.8) is 0 Å². The number of nitrogens with one attached hydrogen (secondary N) is 6. The number of nitrogens with zero attached hydrogens (tertiary/aromatic N) is 2. The lowest BCUT2D eigenvalue weighted by Crippen LogP contribution is -2.39. The summed E-state index contributed by atoms with van der Waals surface area (Å²) in [7, 11) is 0. The second kappa shape index (κ2) is 27.1. The van der Waals surface area contributed by atoms with Gasteiger partial charge in [-0.25, -0.2) is 9.59 Å². The van der Waals surface area contributed by atoms with E-state index in [-0.39, 0.29) is 128 Å². The summed E-state index contributed by atoms with van der Waals surface area (Å²) in [5.74, 6) is -1.75. The predicted octanol–water partition coefficient (Wildman–Crippen LogP) is 0.682. The normalized spacial score (nSPS) is 13.8. The van der Waals surface area contributed by atoms with Crippen molar-refractivity contribution in [2.24, 2.45) is 0 Å². The zero-order valence-corrected chi connectivity index (χ0v) is 34.9. The number of ether oxygens (including phenoxy) is 4. The number of amides is 4. The van der Waals surface area contributed by atoms with Crippen molar-refractivity contribution < 1.29 is 67.6 Å². The molecule has 0 aliphatic carbocycles. The number of benzene rings is 2. The zero-order valence-electron chi connectivity index (χ0n) is 34.9. The van der Waals surface area contributed by atoms with Gasteiger partial charge in [0.15, 0.2) is 0 Å². The molecule has 0 saturated carbocycles. The molecular weight excluding hydrogens is 848 g/mol. The first kappa shape index (κ1) is 49.6. The van der Waals surface area contributed by atoms with E-state index in [1.807, 2.05) is 0 Å². The number of esters is 2. The van der Waals surface area contributed by atoms with Crippen LogP contribution in [0.4, 0.5) is 11.4 Å². The van der Waals surface area contributed by atoms with E-state index in [4.69, 9.17) is 18.9 Å². The van der Waals surface area contributed by atoms with E-state index in [0.29, 0.717) is 35.7 Å². The number of hydrogen-bond donors (Lipinski definition) is 6. The topological polar surface area (TPSA) is 316 Å². The molecule has 0 bridgehead atoms. The molecule has 2 aromatic rings. The molecule has 2 unspecified atom stereocenters. The molecule has 2 aliphatic rings. The van der Waals surface area contributed by atoms with Crippen molar-refractivity contribution in [3.8, 4) is 11.5 Å². The average molecular weight is 901 g/mol. The second-order valence-corrected chi connectivity index (χ2v) is 14.2. The highest BCUT2D eigenvalue weighted by Crippen LogP contribution is 2.32. The summed E-state index contributed by atoms with van der Waals surface area (Å²) in [6.07, 6.45) is 1.76. The quantitative estimate of drug-likeness (QED) is 0.0206. The Hall–Kier alpha value is -7.08. The predicted molar refractivity (Wildman–Crippen MR) is 223 cm³/mol. The number of hydrogen-bond acceptors (Lipinski definition) is 18. The summed E-state index contributed by atoms with van der Waals surface area (Å²) in [6, 6.07) is 10.4. The van der Waals surface area contributed by atoms with Gasteiger partial charge < -0.3 is 60.5 Å². The van der Waals surface area contributed by atoms with Gasteiger partial charge in [0.05, 0.1) is 13.2 Å². The Morgan fingerprint density at radius 1 is 0.641 bits per heavy atom. The molecule has 24 heteroatoms. The SMILES string of the molecule is O=C(CCCO[N+](=O)[O-])NCCNCC(COc1cccc2c1CCC(=O)N2)OC(=O)/C=C/C(=O)OC(CNCCNC(=O)CCCO[N+](=O)[O-])COc1cccc2c1CCC(=O)N2. The molecule has 0 spiro atoms. The Morgan fingerprint density at radius 2 is 1.06 bits per heavy atom. The van der Waals surface area contributed by atoms with Gasteiger partial charge in [-0.2, -0.15) is 0 Å². The van der Waals surface area contributed by atoms with Crippen LogP contribution in [0.1, 0.15) is 49.7 Å². The van der Waals surface area contributed by atoms with Crippen molar-refractivity contribution in [2.75, 3.05) is 76.3 Å². The van der Waals surface area contributed by atoms with Crippen LogP contribution in [0.3, 0.4) is 0 Å². The Morgan fingerprint density at radius 3 is 1.47 bits per heavy atom. The van der Waals surface area contributed by atoms with E-state index in [1.165, 1.54) is 0 Å². The summed E-state index contributed by atoms with van der Waals surface area (Å²) in [4.78, 5) is 103. The Kier molecular flexibility index (Phi) is 21.0. The Labute approximate surface area is 366 Å². The van der Waals surface area contributed by atoms with Gasteiger partial charge in [0.1, 0.15) is 36.9 Å². The molecule has 4 rings (SSSR count). The highest BCUT2D eigenvalue weighted by atomic mass is 17.0. The van der Waals surface area contributed by atoms with Crippen LogP contribution in [0.15, 0.2) is 48.6 Å². The Balaban J connectivity index is 1.32. The fraction of sp³-hybridized carbons (Fsp3) is 0.500. The molecule has 6 N–H and O–H groups in total. The van der Waals surface area contributed by atoms with E-state index in [2.05, 4.69) is 41.6 Å². The largest absolute Gasteiger partial charge is 0.489 e. The lowest BCUT2D eigenvalue weighted by atomic mass is 10.0. The first-order chi connectivity index (χ1) is 30.9. The van der Waals surface area contributed by atoms with Gasteiger partial charge in [-0.05, 0) is 49.9 Å². The van der Waals surface area contributed by atoms with Crippen LogP contribution < -0.4 is 41.4 Å². The number of carbonyl (C=O) groups is 6. The fourth-order valence-corrected chi connectivity index (χ4v) is 6.26. The molecule has 348 valence electrons. The maximum atomic E-state index is 13.1. The van der Waals surface area contributed by atoms with E-state index in [1.54, 1.807) is 36.4 Å². The van der Waals surface area contributed by atoms with Crippen molar-refractivity contribution in [1.29, 1.82) is 0 Å². The number of fused-ring (bicyclic) bond motifs is 2. The summed E-state index contributed by atoms with van der Waals surface area (Å²) in [6.45, 7) is 0.353. The average Bonchev–Trinajstić information content (AvgIpc) is 3.26. The molecule has 4 amide bonds. The van der Waals surface area contributed by atoms with Crippen LogP contribution in [0.5, 0.6) is 11.5 Å². The monoisotopic (exact) mass is 900 g/mol. The van der Waals surface area contributed by atoms with Gasteiger partial charge in [-0.1, -0.05) is 12.1 Å².